The predicted molar refractivity (Wildman–Crippen MR) is 73.6 cm³/mol. The van der Waals surface area contributed by atoms with E-state index in [1.54, 1.807) is 0 Å². The standard InChI is InChI=1S/C17H14/c1-2-6-14(7-3-1)10-11-16-13-12-15-8-4-5-9-17(15)16/h1-9,11-13H,10H2. The SMILES string of the molecule is C1=Cc2ccccc2C1=CCc1ccccc1. The summed E-state index contributed by atoms with van der Waals surface area (Å²) >= 11 is 0. The van der Waals surface area contributed by atoms with Gasteiger partial charge in [-0.05, 0) is 28.7 Å². The van der Waals surface area contributed by atoms with E-state index in [0.29, 0.717) is 0 Å². The summed E-state index contributed by atoms with van der Waals surface area (Å²) in [7, 11) is 0. The number of hydrogen-bond acceptors (Lipinski definition) is 0. The van der Waals surface area contributed by atoms with Gasteiger partial charge in [-0.3, -0.25) is 0 Å². The van der Waals surface area contributed by atoms with Crippen molar-refractivity contribution in [3.05, 3.63) is 83.4 Å². The minimum Gasteiger partial charge on any atom is -0.0722 e. The Kier molecular flexibility index (Phi) is 2.63. The molecule has 0 nitrogen and oxygen atoms in total. The Morgan fingerprint density at radius 1 is 0.765 bits per heavy atom. The van der Waals surface area contributed by atoms with Crippen molar-refractivity contribution in [2.24, 2.45) is 0 Å². The molecule has 0 heterocycles. The van der Waals surface area contributed by atoms with E-state index in [9.17, 15) is 0 Å². The van der Waals surface area contributed by atoms with E-state index >= 15 is 0 Å². The summed E-state index contributed by atoms with van der Waals surface area (Å²) in [5.74, 6) is 0. The van der Waals surface area contributed by atoms with Crippen molar-refractivity contribution < 1.29 is 0 Å². The molecule has 1 aliphatic carbocycles. The van der Waals surface area contributed by atoms with E-state index in [2.05, 4.69) is 72.8 Å². The molecule has 0 saturated carbocycles. The molecule has 3 rings (SSSR count). The zero-order valence-electron chi connectivity index (χ0n) is 9.64. The molecule has 0 heteroatoms. The highest BCUT2D eigenvalue weighted by Gasteiger charge is 2.08. The van der Waals surface area contributed by atoms with Crippen LogP contribution in [0.4, 0.5) is 0 Å². The minimum absolute atomic E-state index is 0.995. The lowest BCUT2D eigenvalue weighted by Crippen LogP contribution is -1.83. The highest BCUT2D eigenvalue weighted by molar-refractivity contribution is 5.89. The fraction of sp³-hybridized carbons (Fsp3) is 0.0588. The molecule has 0 bridgehead atoms. The predicted octanol–water partition coefficient (Wildman–Crippen LogP) is 4.34. The van der Waals surface area contributed by atoms with Crippen molar-refractivity contribution in [1.29, 1.82) is 0 Å². The zero-order valence-corrected chi connectivity index (χ0v) is 9.64. The Morgan fingerprint density at radius 3 is 2.41 bits per heavy atom. The first-order chi connectivity index (χ1) is 8.43. The highest BCUT2D eigenvalue weighted by Crippen LogP contribution is 2.28. The second-order valence-electron chi connectivity index (χ2n) is 4.27. The Bertz CT molecular complexity index is 574. The smallest absolute Gasteiger partial charge is 0.00882 e. The molecule has 2 aromatic carbocycles. The Hall–Kier alpha value is -2.08. The van der Waals surface area contributed by atoms with E-state index < -0.39 is 0 Å². The van der Waals surface area contributed by atoms with Crippen LogP contribution in [0.1, 0.15) is 16.7 Å². The maximum atomic E-state index is 2.30. The summed E-state index contributed by atoms with van der Waals surface area (Å²) in [6, 6.07) is 19.1. The molecule has 1 aliphatic rings. The van der Waals surface area contributed by atoms with Gasteiger partial charge < -0.3 is 0 Å². The van der Waals surface area contributed by atoms with Crippen molar-refractivity contribution in [3.63, 3.8) is 0 Å². The first-order valence-electron chi connectivity index (χ1n) is 5.95. The van der Waals surface area contributed by atoms with Gasteiger partial charge >= 0.3 is 0 Å². The van der Waals surface area contributed by atoms with Crippen LogP contribution < -0.4 is 0 Å². The van der Waals surface area contributed by atoms with Crippen LogP contribution in [0.5, 0.6) is 0 Å². The van der Waals surface area contributed by atoms with Gasteiger partial charge in [-0.25, -0.2) is 0 Å². The molecule has 0 fully saturated rings. The molecule has 0 saturated heterocycles. The second kappa shape index (κ2) is 4.42. The third kappa shape index (κ3) is 2.07. The highest BCUT2D eigenvalue weighted by atomic mass is 14.1. The van der Waals surface area contributed by atoms with E-state index in [-0.39, 0.29) is 0 Å². The van der Waals surface area contributed by atoms with Gasteiger partial charge in [-0.1, -0.05) is 72.8 Å². The lowest BCUT2D eigenvalue weighted by molar-refractivity contribution is 1.27. The molecule has 0 amide bonds. The Labute approximate surface area is 102 Å². The van der Waals surface area contributed by atoms with Crippen LogP contribution in [-0.2, 0) is 6.42 Å². The van der Waals surface area contributed by atoms with Crippen LogP contribution in [0, 0.1) is 0 Å². The van der Waals surface area contributed by atoms with Crippen molar-refractivity contribution in [1.82, 2.24) is 0 Å². The lowest BCUT2D eigenvalue weighted by Gasteiger charge is -2.01. The quantitative estimate of drug-likeness (QED) is 0.703. The molecule has 0 N–H and O–H groups in total. The van der Waals surface area contributed by atoms with Crippen LogP contribution in [0.25, 0.3) is 11.6 Å². The maximum Gasteiger partial charge on any atom is -0.00882 e. The molecular weight excluding hydrogens is 204 g/mol. The molecule has 82 valence electrons. The van der Waals surface area contributed by atoms with Gasteiger partial charge in [0, 0.05) is 0 Å². The first kappa shape index (κ1) is 10.1. The van der Waals surface area contributed by atoms with Gasteiger partial charge in [0.2, 0.25) is 0 Å². The normalized spacial score (nSPS) is 15.2. The summed E-state index contributed by atoms with van der Waals surface area (Å²) < 4.78 is 0. The number of allylic oxidation sites excluding steroid dienone is 3. The third-order valence-corrected chi connectivity index (χ3v) is 3.11. The van der Waals surface area contributed by atoms with Crippen LogP contribution in [-0.4, -0.2) is 0 Å². The molecular formula is C17H14. The van der Waals surface area contributed by atoms with Gasteiger partial charge in [-0.15, -0.1) is 0 Å². The van der Waals surface area contributed by atoms with E-state index in [1.165, 1.54) is 22.3 Å². The minimum atomic E-state index is 0.995. The van der Waals surface area contributed by atoms with E-state index in [4.69, 9.17) is 0 Å². The fourth-order valence-corrected chi connectivity index (χ4v) is 2.19. The largest absolute Gasteiger partial charge is 0.0722 e. The topological polar surface area (TPSA) is 0 Å². The van der Waals surface area contributed by atoms with Crippen molar-refractivity contribution >= 4 is 11.6 Å². The molecule has 0 atom stereocenters. The molecule has 0 radical (unpaired) electrons. The van der Waals surface area contributed by atoms with E-state index in [0.717, 1.165) is 6.42 Å². The number of rotatable bonds is 2. The average Bonchev–Trinajstić information content (AvgIpc) is 2.81. The monoisotopic (exact) mass is 218 g/mol. The van der Waals surface area contributed by atoms with Gasteiger partial charge in [0.1, 0.15) is 0 Å². The van der Waals surface area contributed by atoms with Crippen LogP contribution in [0.3, 0.4) is 0 Å². The van der Waals surface area contributed by atoms with Crippen LogP contribution >= 0.6 is 0 Å². The summed E-state index contributed by atoms with van der Waals surface area (Å²) in [5.41, 5.74) is 5.37. The van der Waals surface area contributed by atoms with Gasteiger partial charge in [0.15, 0.2) is 0 Å². The summed E-state index contributed by atoms with van der Waals surface area (Å²) in [6.45, 7) is 0. The molecule has 0 aromatic heterocycles. The number of benzene rings is 2. The summed E-state index contributed by atoms with van der Waals surface area (Å²) in [5, 5.41) is 0. The lowest BCUT2D eigenvalue weighted by atomic mass is 10.0. The van der Waals surface area contributed by atoms with E-state index in [1.807, 2.05) is 0 Å². The maximum absolute atomic E-state index is 2.30. The molecule has 0 aliphatic heterocycles. The average molecular weight is 218 g/mol. The Morgan fingerprint density at radius 2 is 1.53 bits per heavy atom. The van der Waals surface area contributed by atoms with Crippen LogP contribution in [0.2, 0.25) is 0 Å². The number of fused-ring (bicyclic) bond motifs is 1. The van der Waals surface area contributed by atoms with Crippen molar-refractivity contribution in [2.75, 3.05) is 0 Å². The zero-order chi connectivity index (χ0) is 11.5. The summed E-state index contributed by atoms with van der Waals surface area (Å²) in [4.78, 5) is 0. The van der Waals surface area contributed by atoms with Crippen molar-refractivity contribution in [3.8, 4) is 0 Å². The van der Waals surface area contributed by atoms with Crippen molar-refractivity contribution in [2.45, 2.75) is 6.42 Å². The Balaban J connectivity index is 1.86. The second-order valence-corrected chi connectivity index (χ2v) is 4.27. The molecule has 2 aromatic rings. The first-order valence-corrected chi connectivity index (χ1v) is 5.95. The molecule has 17 heavy (non-hydrogen) atoms. The third-order valence-electron chi connectivity index (χ3n) is 3.11. The summed E-state index contributed by atoms with van der Waals surface area (Å²) in [6.07, 6.45) is 7.69. The van der Waals surface area contributed by atoms with Crippen LogP contribution in [0.15, 0.2) is 66.7 Å². The van der Waals surface area contributed by atoms with Gasteiger partial charge in [0.05, 0.1) is 0 Å². The number of hydrogen-bond donors (Lipinski definition) is 0. The molecule has 0 spiro atoms. The van der Waals surface area contributed by atoms with Gasteiger partial charge in [-0.2, -0.15) is 0 Å². The molecule has 0 unspecified atom stereocenters. The van der Waals surface area contributed by atoms with Gasteiger partial charge in [0.25, 0.3) is 0 Å². The fourth-order valence-electron chi connectivity index (χ4n) is 2.19.